The molecule has 1 heteroatoms. The van der Waals surface area contributed by atoms with Crippen LogP contribution in [0.2, 0.25) is 0 Å². The largest absolute Gasteiger partial charge is 0.307 e. The fourth-order valence-electron chi connectivity index (χ4n) is 3.95. The van der Waals surface area contributed by atoms with Gasteiger partial charge in [0.05, 0.1) is 0 Å². The highest BCUT2D eigenvalue weighted by Gasteiger charge is 2.32. The van der Waals surface area contributed by atoms with Gasteiger partial charge in [0, 0.05) is 12.1 Å². The molecule has 0 aromatic heterocycles. The van der Waals surface area contributed by atoms with Gasteiger partial charge in [0.25, 0.3) is 0 Å². The summed E-state index contributed by atoms with van der Waals surface area (Å²) in [5.74, 6) is 1.75. The van der Waals surface area contributed by atoms with Crippen LogP contribution >= 0.6 is 0 Å². The molecule has 4 atom stereocenters. The first-order chi connectivity index (χ1) is 10.3. The maximum Gasteiger partial charge on any atom is 0.0322 e. The summed E-state index contributed by atoms with van der Waals surface area (Å²) in [5.41, 5.74) is 1.47. The van der Waals surface area contributed by atoms with Gasteiger partial charge in [0.2, 0.25) is 0 Å². The van der Waals surface area contributed by atoms with E-state index in [2.05, 4.69) is 56.4 Å². The molecule has 4 unspecified atom stereocenters. The van der Waals surface area contributed by atoms with Crippen LogP contribution < -0.4 is 5.32 Å². The molecular weight excluding hydrogens is 254 g/mol. The molecule has 1 aromatic carbocycles. The Morgan fingerprint density at radius 2 is 1.86 bits per heavy atom. The van der Waals surface area contributed by atoms with E-state index in [1.807, 2.05) is 0 Å². The van der Waals surface area contributed by atoms with E-state index >= 15 is 0 Å². The standard InChI is InChI=1S/C20H33N/c1-4-6-8-13-20(18-11-9-7-10-12-18)21-19-15-14-17(5-2)16(19)3/h7,9-12,16-17,19-21H,4-6,8,13-15H2,1-3H3. The Morgan fingerprint density at radius 1 is 1.10 bits per heavy atom. The SMILES string of the molecule is CCCCCC(NC1CCC(CC)C1C)c1ccccc1. The van der Waals surface area contributed by atoms with Crippen molar-refractivity contribution in [2.75, 3.05) is 0 Å². The smallest absolute Gasteiger partial charge is 0.0322 e. The molecule has 1 nitrogen and oxygen atoms in total. The summed E-state index contributed by atoms with van der Waals surface area (Å²) in [6.07, 6.45) is 9.37. The number of rotatable bonds is 8. The highest BCUT2D eigenvalue weighted by Crippen LogP contribution is 2.35. The normalized spacial score (nSPS) is 26.9. The summed E-state index contributed by atoms with van der Waals surface area (Å²) in [6.45, 7) is 7.09. The van der Waals surface area contributed by atoms with Crippen molar-refractivity contribution in [3.63, 3.8) is 0 Å². The van der Waals surface area contributed by atoms with Crippen LogP contribution in [0.3, 0.4) is 0 Å². The summed E-state index contributed by atoms with van der Waals surface area (Å²) in [6, 6.07) is 12.3. The number of nitrogens with one attached hydrogen (secondary N) is 1. The van der Waals surface area contributed by atoms with Crippen molar-refractivity contribution in [1.82, 2.24) is 5.32 Å². The van der Waals surface area contributed by atoms with Gasteiger partial charge in [-0.2, -0.15) is 0 Å². The second kappa shape index (κ2) is 8.58. The molecule has 118 valence electrons. The van der Waals surface area contributed by atoms with Gasteiger partial charge in [-0.25, -0.2) is 0 Å². The predicted octanol–water partition coefficient (Wildman–Crippen LogP) is 5.72. The van der Waals surface area contributed by atoms with E-state index in [1.165, 1.54) is 50.5 Å². The lowest BCUT2D eigenvalue weighted by atomic mass is 9.92. The molecule has 2 rings (SSSR count). The molecule has 1 aliphatic rings. The Hall–Kier alpha value is -0.820. The minimum Gasteiger partial charge on any atom is -0.307 e. The zero-order chi connectivity index (χ0) is 15.1. The van der Waals surface area contributed by atoms with E-state index in [1.54, 1.807) is 0 Å². The van der Waals surface area contributed by atoms with Gasteiger partial charge in [-0.15, -0.1) is 0 Å². The highest BCUT2D eigenvalue weighted by molar-refractivity contribution is 5.19. The molecule has 21 heavy (non-hydrogen) atoms. The van der Waals surface area contributed by atoms with Crippen molar-refractivity contribution >= 4 is 0 Å². The van der Waals surface area contributed by atoms with Crippen LogP contribution in [0, 0.1) is 11.8 Å². The Bertz CT molecular complexity index is 386. The van der Waals surface area contributed by atoms with Gasteiger partial charge in [-0.05, 0) is 36.7 Å². The molecule has 0 amide bonds. The molecule has 1 saturated carbocycles. The molecule has 0 bridgehead atoms. The Balaban J connectivity index is 1.99. The van der Waals surface area contributed by atoms with Gasteiger partial charge in [-0.3, -0.25) is 0 Å². The lowest BCUT2D eigenvalue weighted by molar-refractivity contribution is 0.312. The predicted molar refractivity (Wildman–Crippen MR) is 92.4 cm³/mol. The summed E-state index contributed by atoms with van der Waals surface area (Å²) in [5, 5.41) is 4.01. The summed E-state index contributed by atoms with van der Waals surface area (Å²) in [7, 11) is 0. The molecule has 0 saturated heterocycles. The minimum atomic E-state index is 0.542. The molecule has 0 spiro atoms. The summed E-state index contributed by atoms with van der Waals surface area (Å²) in [4.78, 5) is 0. The average molecular weight is 287 g/mol. The molecule has 1 aliphatic carbocycles. The van der Waals surface area contributed by atoms with Crippen LogP contribution in [-0.2, 0) is 0 Å². The van der Waals surface area contributed by atoms with Crippen molar-refractivity contribution in [3.8, 4) is 0 Å². The first kappa shape index (κ1) is 16.5. The lowest BCUT2D eigenvalue weighted by Crippen LogP contribution is -2.35. The van der Waals surface area contributed by atoms with E-state index in [4.69, 9.17) is 0 Å². The topological polar surface area (TPSA) is 12.0 Å². The maximum absolute atomic E-state index is 4.01. The van der Waals surface area contributed by atoms with Crippen molar-refractivity contribution in [1.29, 1.82) is 0 Å². The zero-order valence-electron chi connectivity index (χ0n) is 14.1. The van der Waals surface area contributed by atoms with Gasteiger partial charge in [0.1, 0.15) is 0 Å². The van der Waals surface area contributed by atoms with Crippen LogP contribution in [0.25, 0.3) is 0 Å². The molecular formula is C20H33N. The fourth-order valence-corrected chi connectivity index (χ4v) is 3.95. The summed E-state index contributed by atoms with van der Waals surface area (Å²) >= 11 is 0. The fraction of sp³-hybridized carbons (Fsp3) is 0.700. The Kier molecular flexibility index (Phi) is 6.76. The van der Waals surface area contributed by atoms with Crippen LogP contribution in [-0.4, -0.2) is 6.04 Å². The number of hydrogen-bond donors (Lipinski definition) is 1. The third-order valence-electron chi connectivity index (χ3n) is 5.46. The second-order valence-electron chi connectivity index (χ2n) is 6.84. The molecule has 0 aliphatic heterocycles. The first-order valence-corrected chi connectivity index (χ1v) is 9.07. The van der Waals surface area contributed by atoms with Crippen molar-refractivity contribution in [3.05, 3.63) is 35.9 Å². The van der Waals surface area contributed by atoms with Crippen molar-refractivity contribution < 1.29 is 0 Å². The third kappa shape index (κ3) is 4.57. The average Bonchev–Trinajstić information content (AvgIpc) is 2.87. The van der Waals surface area contributed by atoms with Gasteiger partial charge >= 0.3 is 0 Å². The Morgan fingerprint density at radius 3 is 2.48 bits per heavy atom. The lowest BCUT2D eigenvalue weighted by Gasteiger charge is -2.27. The van der Waals surface area contributed by atoms with Crippen molar-refractivity contribution in [2.24, 2.45) is 11.8 Å². The van der Waals surface area contributed by atoms with Crippen molar-refractivity contribution in [2.45, 2.75) is 77.8 Å². The van der Waals surface area contributed by atoms with Crippen LogP contribution in [0.15, 0.2) is 30.3 Å². The maximum atomic E-state index is 4.01. The van der Waals surface area contributed by atoms with Crippen LogP contribution in [0.4, 0.5) is 0 Å². The third-order valence-corrected chi connectivity index (χ3v) is 5.46. The molecule has 0 heterocycles. The van der Waals surface area contributed by atoms with E-state index in [9.17, 15) is 0 Å². The van der Waals surface area contributed by atoms with E-state index in [-0.39, 0.29) is 0 Å². The number of benzene rings is 1. The van der Waals surface area contributed by atoms with Gasteiger partial charge < -0.3 is 5.32 Å². The molecule has 0 radical (unpaired) electrons. The Labute approximate surface area is 131 Å². The summed E-state index contributed by atoms with van der Waals surface area (Å²) < 4.78 is 0. The minimum absolute atomic E-state index is 0.542. The molecule has 1 aromatic rings. The van der Waals surface area contributed by atoms with Gasteiger partial charge in [-0.1, -0.05) is 76.8 Å². The van der Waals surface area contributed by atoms with Gasteiger partial charge in [0.15, 0.2) is 0 Å². The second-order valence-corrected chi connectivity index (χ2v) is 6.84. The number of hydrogen-bond acceptors (Lipinski definition) is 1. The van der Waals surface area contributed by atoms with E-state index in [0.717, 1.165) is 11.8 Å². The quantitative estimate of drug-likeness (QED) is 0.603. The zero-order valence-corrected chi connectivity index (χ0v) is 14.1. The highest BCUT2D eigenvalue weighted by atomic mass is 15.0. The number of unbranched alkanes of at least 4 members (excludes halogenated alkanes) is 2. The molecule has 1 N–H and O–H groups in total. The first-order valence-electron chi connectivity index (χ1n) is 9.07. The van der Waals surface area contributed by atoms with E-state index < -0.39 is 0 Å². The van der Waals surface area contributed by atoms with E-state index in [0.29, 0.717) is 12.1 Å². The monoisotopic (exact) mass is 287 g/mol. The van der Waals surface area contributed by atoms with Crippen LogP contribution in [0.1, 0.15) is 77.3 Å². The molecule has 1 fully saturated rings. The van der Waals surface area contributed by atoms with Crippen LogP contribution in [0.5, 0.6) is 0 Å².